The smallest absolute Gasteiger partial charge is 0.110 e. The topological polar surface area (TPSA) is 41.8 Å². The van der Waals surface area contributed by atoms with E-state index < -0.39 is 0 Å². The summed E-state index contributed by atoms with van der Waals surface area (Å²) in [5, 5.41) is 1.89. The van der Waals surface area contributed by atoms with Gasteiger partial charge in [0.15, 0.2) is 0 Å². The van der Waals surface area contributed by atoms with E-state index in [1.807, 2.05) is 25.1 Å². The molecule has 0 fully saturated rings. The number of rotatable bonds is 2. The molecule has 14 heavy (non-hydrogen) atoms. The number of para-hydroxylation sites is 1. The third-order valence-electron chi connectivity index (χ3n) is 2.29. The Morgan fingerprint density at radius 3 is 2.86 bits per heavy atom. The van der Waals surface area contributed by atoms with Crippen LogP contribution in [0.3, 0.4) is 0 Å². The number of nitrogens with one attached hydrogen (secondary N) is 1. The molecular weight excluding hydrogens is 196 g/mol. The summed E-state index contributed by atoms with van der Waals surface area (Å²) in [6.45, 7) is 1.98. The standard InChI is InChI=1S/C11H13ClN2/c1-7(13)6-9-8-4-2-3-5-10(8)14-11(9)12/h2-5,7,14H,6,13H2,1H3/t7-/m1/s1. The van der Waals surface area contributed by atoms with E-state index in [1.165, 1.54) is 5.39 Å². The second kappa shape index (κ2) is 3.64. The maximum Gasteiger partial charge on any atom is 0.110 e. The Morgan fingerprint density at radius 2 is 2.14 bits per heavy atom. The molecule has 1 aromatic heterocycles. The predicted molar refractivity (Wildman–Crippen MR) is 60.7 cm³/mol. The number of benzene rings is 1. The molecule has 0 spiro atoms. The number of H-pyrrole nitrogens is 1. The molecule has 0 unspecified atom stereocenters. The number of aromatic amines is 1. The van der Waals surface area contributed by atoms with Crippen LogP contribution in [0, 0.1) is 0 Å². The average molecular weight is 209 g/mol. The van der Waals surface area contributed by atoms with E-state index in [0.717, 1.165) is 17.5 Å². The summed E-state index contributed by atoms with van der Waals surface area (Å²) in [4.78, 5) is 3.14. The molecule has 0 aliphatic carbocycles. The van der Waals surface area contributed by atoms with Crippen molar-refractivity contribution in [3.8, 4) is 0 Å². The van der Waals surface area contributed by atoms with E-state index in [1.54, 1.807) is 0 Å². The van der Waals surface area contributed by atoms with Gasteiger partial charge in [-0.1, -0.05) is 29.8 Å². The van der Waals surface area contributed by atoms with Crippen LogP contribution in [0.5, 0.6) is 0 Å². The maximum absolute atomic E-state index is 6.10. The normalized spacial score (nSPS) is 13.4. The molecule has 1 heterocycles. The number of hydrogen-bond donors (Lipinski definition) is 2. The highest BCUT2D eigenvalue weighted by Crippen LogP contribution is 2.26. The molecule has 1 aromatic carbocycles. The second-order valence-electron chi connectivity index (χ2n) is 3.64. The molecule has 0 aliphatic rings. The fraction of sp³-hybridized carbons (Fsp3) is 0.273. The minimum atomic E-state index is 0.131. The predicted octanol–water partition coefficient (Wildman–Crippen LogP) is 2.71. The van der Waals surface area contributed by atoms with E-state index >= 15 is 0 Å². The molecule has 0 saturated carbocycles. The van der Waals surface area contributed by atoms with E-state index in [-0.39, 0.29) is 6.04 Å². The summed E-state index contributed by atoms with van der Waals surface area (Å²) < 4.78 is 0. The van der Waals surface area contributed by atoms with Crippen LogP contribution in [-0.2, 0) is 6.42 Å². The van der Waals surface area contributed by atoms with Crippen molar-refractivity contribution in [2.24, 2.45) is 5.73 Å². The first kappa shape index (κ1) is 9.56. The van der Waals surface area contributed by atoms with Gasteiger partial charge in [-0.25, -0.2) is 0 Å². The number of aromatic nitrogens is 1. The monoisotopic (exact) mass is 208 g/mol. The molecule has 2 rings (SSSR count). The molecule has 0 saturated heterocycles. The van der Waals surface area contributed by atoms with Gasteiger partial charge in [-0.2, -0.15) is 0 Å². The van der Waals surface area contributed by atoms with Gasteiger partial charge in [-0.3, -0.25) is 0 Å². The van der Waals surface area contributed by atoms with E-state index in [4.69, 9.17) is 17.3 Å². The van der Waals surface area contributed by atoms with Crippen LogP contribution in [0.25, 0.3) is 10.9 Å². The highest BCUT2D eigenvalue weighted by atomic mass is 35.5. The average Bonchev–Trinajstić information content (AvgIpc) is 2.43. The first-order valence-electron chi connectivity index (χ1n) is 4.69. The zero-order valence-electron chi connectivity index (χ0n) is 8.05. The van der Waals surface area contributed by atoms with Gasteiger partial charge in [0.2, 0.25) is 0 Å². The van der Waals surface area contributed by atoms with Crippen molar-refractivity contribution in [1.29, 1.82) is 0 Å². The van der Waals surface area contributed by atoms with Crippen LogP contribution in [0.2, 0.25) is 5.15 Å². The molecule has 0 aliphatic heterocycles. The lowest BCUT2D eigenvalue weighted by Gasteiger charge is -2.03. The highest BCUT2D eigenvalue weighted by molar-refractivity contribution is 6.31. The minimum absolute atomic E-state index is 0.131. The molecule has 1 atom stereocenters. The van der Waals surface area contributed by atoms with Crippen molar-refractivity contribution in [2.45, 2.75) is 19.4 Å². The van der Waals surface area contributed by atoms with Gasteiger partial charge in [0.1, 0.15) is 5.15 Å². The number of hydrogen-bond acceptors (Lipinski definition) is 1. The van der Waals surface area contributed by atoms with Crippen LogP contribution >= 0.6 is 11.6 Å². The number of nitrogens with two attached hydrogens (primary N) is 1. The van der Waals surface area contributed by atoms with E-state index in [0.29, 0.717) is 5.15 Å². The number of fused-ring (bicyclic) bond motifs is 1. The third-order valence-corrected chi connectivity index (χ3v) is 2.61. The van der Waals surface area contributed by atoms with Crippen molar-refractivity contribution in [3.05, 3.63) is 35.0 Å². The zero-order chi connectivity index (χ0) is 10.1. The second-order valence-corrected chi connectivity index (χ2v) is 4.02. The molecular formula is C11H13ClN2. The molecule has 0 bridgehead atoms. The summed E-state index contributed by atoms with van der Waals surface area (Å²) in [6.07, 6.45) is 0.808. The third kappa shape index (κ3) is 1.63. The lowest BCUT2D eigenvalue weighted by molar-refractivity contribution is 0.741. The quantitative estimate of drug-likeness (QED) is 0.783. The molecule has 2 nitrogen and oxygen atoms in total. The van der Waals surface area contributed by atoms with Crippen LogP contribution in [0.4, 0.5) is 0 Å². The van der Waals surface area contributed by atoms with Gasteiger partial charge in [-0.05, 0) is 25.0 Å². The Labute approximate surface area is 88.1 Å². The largest absolute Gasteiger partial charge is 0.345 e. The lowest BCUT2D eigenvalue weighted by atomic mass is 10.1. The van der Waals surface area contributed by atoms with Crippen molar-refractivity contribution < 1.29 is 0 Å². The Morgan fingerprint density at radius 1 is 1.43 bits per heavy atom. The molecule has 0 amide bonds. The van der Waals surface area contributed by atoms with Gasteiger partial charge < -0.3 is 10.7 Å². The number of halogens is 1. The summed E-state index contributed by atoms with van der Waals surface area (Å²) in [5.74, 6) is 0. The van der Waals surface area contributed by atoms with Crippen LogP contribution in [-0.4, -0.2) is 11.0 Å². The van der Waals surface area contributed by atoms with Crippen LogP contribution in [0.1, 0.15) is 12.5 Å². The molecule has 0 radical (unpaired) electrons. The van der Waals surface area contributed by atoms with Gasteiger partial charge >= 0.3 is 0 Å². The first-order chi connectivity index (χ1) is 6.68. The highest BCUT2D eigenvalue weighted by Gasteiger charge is 2.10. The minimum Gasteiger partial charge on any atom is -0.345 e. The molecule has 74 valence electrons. The summed E-state index contributed by atoms with van der Waals surface area (Å²) in [6, 6.07) is 8.22. The zero-order valence-corrected chi connectivity index (χ0v) is 8.81. The lowest BCUT2D eigenvalue weighted by Crippen LogP contribution is -2.17. The van der Waals surface area contributed by atoms with Gasteiger partial charge in [-0.15, -0.1) is 0 Å². The first-order valence-corrected chi connectivity index (χ1v) is 5.07. The fourth-order valence-electron chi connectivity index (χ4n) is 1.69. The van der Waals surface area contributed by atoms with Crippen molar-refractivity contribution in [3.63, 3.8) is 0 Å². The van der Waals surface area contributed by atoms with Gasteiger partial charge in [0, 0.05) is 16.9 Å². The Kier molecular flexibility index (Phi) is 2.48. The molecule has 3 N–H and O–H groups in total. The van der Waals surface area contributed by atoms with Crippen LogP contribution in [0.15, 0.2) is 24.3 Å². The van der Waals surface area contributed by atoms with Crippen molar-refractivity contribution in [1.82, 2.24) is 4.98 Å². The maximum atomic E-state index is 6.10. The molecule has 3 heteroatoms. The van der Waals surface area contributed by atoms with Crippen molar-refractivity contribution in [2.75, 3.05) is 0 Å². The van der Waals surface area contributed by atoms with Crippen LogP contribution < -0.4 is 5.73 Å². The Hall–Kier alpha value is -0.990. The van der Waals surface area contributed by atoms with Gasteiger partial charge in [0.25, 0.3) is 0 Å². The van der Waals surface area contributed by atoms with Gasteiger partial charge in [0.05, 0.1) is 0 Å². The molecule has 2 aromatic rings. The summed E-state index contributed by atoms with van der Waals surface area (Å²) >= 11 is 6.10. The fourth-order valence-corrected chi connectivity index (χ4v) is 1.97. The summed E-state index contributed by atoms with van der Waals surface area (Å²) in [5.41, 5.74) is 7.97. The Bertz CT molecular complexity index is 445. The van der Waals surface area contributed by atoms with E-state index in [9.17, 15) is 0 Å². The van der Waals surface area contributed by atoms with Crippen molar-refractivity contribution >= 4 is 22.5 Å². The summed E-state index contributed by atoms with van der Waals surface area (Å²) in [7, 11) is 0. The Balaban J connectivity index is 2.56. The SMILES string of the molecule is C[C@@H](N)Cc1c(Cl)[nH]c2ccccc12. The van der Waals surface area contributed by atoms with E-state index in [2.05, 4.69) is 11.1 Å².